The predicted octanol–water partition coefficient (Wildman–Crippen LogP) is 2.90. The number of nitrogens with zero attached hydrogens (tertiary/aromatic N) is 1. The van der Waals surface area contributed by atoms with Gasteiger partial charge < -0.3 is 0 Å². The minimum Gasteiger partial charge on any atom is -0.212 e. The van der Waals surface area contributed by atoms with Crippen molar-refractivity contribution in [3.63, 3.8) is 0 Å². The molecule has 1 unspecified atom stereocenters. The Morgan fingerprint density at radius 3 is 2.47 bits per heavy atom. The van der Waals surface area contributed by atoms with Gasteiger partial charge in [0.25, 0.3) is 0 Å². The minimum absolute atomic E-state index is 0.0768. The summed E-state index contributed by atoms with van der Waals surface area (Å²) in [4.78, 5) is 0. The van der Waals surface area contributed by atoms with Crippen molar-refractivity contribution < 1.29 is 8.42 Å². The minimum atomic E-state index is -3.00. The molecule has 1 saturated carbocycles. The lowest BCUT2D eigenvalue weighted by Crippen LogP contribution is -2.40. The molecule has 1 saturated heterocycles. The van der Waals surface area contributed by atoms with Crippen molar-refractivity contribution in [1.29, 1.82) is 0 Å². The van der Waals surface area contributed by atoms with Crippen LogP contribution in [-0.2, 0) is 10.0 Å². The van der Waals surface area contributed by atoms with Gasteiger partial charge in [0.15, 0.2) is 0 Å². The van der Waals surface area contributed by atoms with E-state index in [0.29, 0.717) is 0 Å². The van der Waals surface area contributed by atoms with Crippen LogP contribution in [0.3, 0.4) is 0 Å². The Balaban J connectivity index is 2.03. The molecule has 0 bridgehead atoms. The molecule has 100 valence electrons. The van der Waals surface area contributed by atoms with E-state index >= 15 is 0 Å². The van der Waals surface area contributed by atoms with Crippen LogP contribution < -0.4 is 0 Å². The molecule has 1 aliphatic carbocycles. The van der Waals surface area contributed by atoms with Crippen molar-refractivity contribution in [3.05, 3.63) is 0 Å². The number of alkyl halides is 1. The molecule has 0 aromatic heterocycles. The highest BCUT2D eigenvalue weighted by Crippen LogP contribution is 2.32. The first-order valence-electron chi connectivity index (χ1n) is 6.73. The standard InChI is InChI=1S/C12H22BrNO2S/c13-9-3-5-11-6-4-10-14(11)17(15,16)12-7-1-2-8-12/h11-12H,1-10H2. The second-order valence-electron chi connectivity index (χ2n) is 5.19. The van der Waals surface area contributed by atoms with Crippen molar-refractivity contribution in [2.75, 3.05) is 11.9 Å². The summed E-state index contributed by atoms with van der Waals surface area (Å²) >= 11 is 3.43. The molecular weight excluding hydrogens is 302 g/mol. The highest BCUT2D eigenvalue weighted by atomic mass is 79.9. The molecule has 1 heterocycles. The third-order valence-electron chi connectivity index (χ3n) is 4.04. The third kappa shape index (κ3) is 3.04. The highest BCUT2D eigenvalue weighted by Gasteiger charge is 2.39. The second-order valence-corrected chi connectivity index (χ2v) is 8.15. The molecular formula is C12H22BrNO2S. The summed E-state index contributed by atoms with van der Waals surface area (Å²) in [5, 5.41) is 0.896. The van der Waals surface area contributed by atoms with Gasteiger partial charge in [-0.25, -0.2) is 8.42 Å². The van der Waals surface area contributed by atoms with Gasteiger partial charge in [-0.2, -0.15) is 4.31 Å². The zero-order chi connectivity index (χ0) is 12.3. The summed E-state index contributed by atoms with van der Waals surface area (Å²) in [6.45, 7) is 0.756. The average molecular weight is 324 g/mol. The number of hydrogen-bond donors (Lipinski definition) is 0. The van der Waals surface area contributed by atoms with Crippen LogP contribution in [0.15, 0.2) is 0 Å². The van der Waals surface area contributed by atoms with Crippen LogP contribution in [-0.4, -0.2) is 35.9 Å². The lowest BCUT2D eigenvalue weighted by Gasteiger charge is -2.27. The second kappa shape index (κ2) is 6.02. The van der Waals surface area contributed by atoms with E-state index in [4.69, 9.17) is 0 Å². The van der Waals surface area contributed by atoms with Crippen molar-refractivity contribution >= 4 is 26.0 Å². The Kier molecular flexibility index (Phi) is 4.89. The van der Waals surface area contributed by atoms with E-state index in [-0.39, 0.29) is 11.3 Å². The third-order valence-corrected chi connectivity index (χ3v) is 7.05. The molecule has 0 aromatic carbocycles. The normalized spacial score (nSPS) is 27.9. The molecule has 1 atom stereocenters. The SMILES string of the molecule is O=S(=O)(C1CCCC1)N1CCCC1CCCBr. The summed E-state index contributed by atoms with van der Waals surface area (Å²) in [7, 11) is -3.00. The first-order chi connectivity index (χ1) is 8.16. The van der Waals surface area contributed by atoms with Crippen molar-refractivity contribution in [1.82, 2.24) is 4.31 Å². The molecule has 0 aromatic rings. The van der Waals surface area contributed by atoms with Crippen molar-refractivity contribution in [2.45, 2.75) is 62.7 Å². The first-order valence-corrected chi connectivity index (χ1v) is 9.35. The Morgan fingerprint density at radius 1 is 1.12 bits per heavy atom. The molecule has 0 N–H and O–H groups in total. The van der Waals surface area contributed by atoms with E-state index in [2.05, 4.69) is 15.9 Å². The van der Waals surface area contributed by atoms with E-state index in [1.165, 1.54) is 0 Å². The first kappa shape index (κ1) is 13.8. The molecule has 0 spiro atoms. The van der Waals surface area contributed by atoms with Gasteiger partial charge in [0.2, 0.25) is 10.0 Å². The van der Waals surface area contributed by atoms with Crippen LogP contribution >= 0.6 is 15.9 Å². The van der Waals surface area contributed by atoms with Crippen LogP contribution in [0, 0.1) is 0 Å². The molecule has 1 aliphatic heterocycles. The van der Waals surface area contributed by atoms with Crippen LogP contribution in [0.5, 0.6) is 0 Å². The molecule has 2 aliphatic rings. The smallest absolute Gasteiger partial charge is 0.212 e. The van der Waals surface area contributed by atoms with Crippen LogP contribution in [0.4, 0.5) is 0 Å². The van der Waals surface area contributed by atoms with E-state index in [1.54, 1.807) is 0 Å². The van der Waals surface area contributed by atoms with Gasteiger partial charge in [0.1, 0.15) is 0 Å². The number of hydrogen-bond acceptors (Lipinski definition) is 2. The zero-order valence-corrected chi connectivity index (χ0v) is 12.7. The van der Waals surface area contributed by atoms with E-state index in [9.17, 15) is 8.42 Å². The monoisotopic (exact) mass is 323 g/mol. The van der Waals surface area contributed by atoms with Crippen molar-refractivity contribution in [3.8, 4) is 0 Å². The van der Waals surface area contributed by atoms with Gasteiger partial charge in [-0.15, -0.1) is 0 Å². The number of rotatable bonds is 5. The maximum atomic E-state index is 12.5. The fourth-order valence-corrected chi connectivity index (χ4v) is 5.77. The summed E-state index contributed by atoms with van der Waals surface area (Å²) in [6.07, 6.45) is 8.11. The van der Waals surface area contributed by atoms with Gasteiger partial charge in [-0.05, 0) is 38.5 Å². The molecule has 0 radical (unpaired) electrons. The van der Waals surface area contributed by atoms with Gasteiger partial charge in [-0.1, -0.05) is 28.8 Å². The van der Waals surface area contributed by atoms with Gasteiger partial charge >= 0.3 is 0 Å². The predicted molar refractivity (Wildman–Crippen MR) is 73.9 cm³/mol. The number of halogens is 1. The van der Waals surface area contributed by atoms with Crippen LogP contribution in [0.1, 0.15) is 51.4 Å². The summed E-state index contributed by atoms with van der Waals surface area (Å²) in [5.74, 6) is 0. The Hall–Kier alpha value is 0.390. The van der Waals surface area contributed by atoms with Crippen LogP contribution in [0.2, 0.25) is 0 Å². The largest absolute Gasteiger partial charge is 0.217 e. The van der Waals surface area contributed by atoms with E-state index in [1.807, 2.05) is 4.31 Å². The number of sulfonamides is 1. The van der Waals surface area contributed by atoms with Gasteiger partial charge in [-0.3, -0.25) is 0 Å². The summed E-state index contributed by atoms with van der Waals surface area (Å²) in [6, 6.07) is 0.276. The fraction of sp³-hybridized carbons (Fsp3) is 1.00. The molecule has 2 rings (SSSR count). The van der Waals surface area contributed by atoms with E-state index < -0.39 is 10.0 Å². The lowest BCUT2D eigenvalue weighted by molar-refractivity contribution is 0.363. The van der Waals surface area contributed by atoms with Gasteiger partial charge in [0.05, 0.1) is 5.25 Å². The molecule has 3 nitrogen and oxygen atoms in total. The zero-order valence-electron chi connectivity index (χ0n) is 10.3. The van der Waals surface area contributed by atoms with E-state index in [0.717, 1.165) is 63.2 Å². The fourth-order valence-electron chi connectivity index (χ4n) is 3.12. The molecule has 2 fully saturated rings. The lowest BCUT2D eigenvalue weighted by atomic mass is 10.1. The van der Waals surface area contributed by atoms with Gasteiger partial charge in [0, 0.05) is 17.9 Å². The van der Waals surface area contributed by atoms with Crippen LogP contribution in [0.25, 0.3) is 0 Å². The topological polar surface area (TPSA) is 37.4 Å². The molecule has 17 heavy (non-hydrogen) atoms. The maximum Gasteiger partial charge on any atom is 0.217 e. The van der Waals surface area contributed by atoms with Crippen molar-refractivity contribution in [2.24, 2.45) is 0 Å². The molecule has 0 amide bonds. The Labute approximate surface area is 113 Å². The highest BCUT2D eigenvalue weighted by molar-refractivity contribution is 9.09. The summed E-state index contributed by atoms with van der Waals surface area (Å²) in [5.41, 5.74) is 0. The Bertz CT molecular complexity index is 338. The maximum absolute atomic E-state index is 12.5. The average Bonchev–Trinajstić information content (AvgIpc) is 2.97. The quantitative estimate of drug-likeness (QED) is 0.729. The summed E-state index contributed by atoms with van der Waals surface area (Å²) < 4.78 is 26.9. The molecule has 5 heteroatoms. The Morgan fingerprint density at radius 2 is 1.82 bits per heavy atom.